The molecule has 0 unspecified atom stereocenters. The Kier molecular flexibility index (Phi) is 12.3. The zero-order valence-electron chi connectivity index (χ0n) is 36.5. The topological polar surface area (TPSA) is 218 Å². The number of rotatable bonds is 6. The number of nitrogens with zero attached hydrogens (tertiary/aromatic N) is 2. The average Bonchev–Trinajstić information content (AvgIpc) is 3.27. The maximum Gasteiger partial charge on any atom is 0.261 e. The van der Waals surface area contributed by atoms with Crippen LogP contribution < -0.4 is 0 Å². The number of benzene rings is 4. The molecule has 0 aromatic heterocycles. The normalized spacial score (nSPS) is 18.8. The van der Waals surface area contributed by atoms with Gasteiger partial charge in [-0.3, -0.25) is 57.7 Å². The second kappa shape index (κ2) is 17.6. The van der Waals surface area contributed by atoms with Gasteiger partial charge >= 0.3 is 0 Å². The highest BCUT2D eigenvalue weighted by Gasteiger charge is 2.41. The van der Waals surface area contributed by atoms with E-state index in [0.29, 0.717) is 40.4 Å². The van der Waals surface area contributed by atoms with Crippen LogP contribution in [0.15, 0.2) is 84.5 Å². The summed E-state index contributed by atoms with van der Waals surface area (Å²) in [5, 5.41) is 20.3. The molecule has 0 saturated heterocycles. The number of hydrogen-bond acceptors (Lipinski definition) is 12. The number of carbonyl (C=O) groups excluding carboxylic acids is 10. The van der Waals surface area contributed by atoms with Gasteiger partial charge in [-0.05, 0) is 106 Å². The third kappa shape index (κ3) is 8.51. The first-order chi connectivity index (χ1) is 30.7. The summed E-state index contributed by atoms with van der Waals surface area (Å²) in [4.78, 5) is 123. The van der Waals surface area contributed by atoms with Crippen molar-refractivity contribution in [1.82, 2.24) is 9.80 Å². The van der Waals surface area contributed by atoms with E-state index in [4.69, 9.17) is 0 Å². The maximum absolute atomic E-state index is 12.8. The molecule has 0 bridgehead atoms. The van der Waals surface area contributed by atoms with E-state index in [1.807, 2.05) is 0 Å². The van der Waals surface area contributed by atoms with Crippen molar-refractivity contribution < 1.29 is 58.2 Å². The Labute approximate surface area is 373 Å². The molecule has 3 aliphatic carbocycles. The van der Waals surface area contributed by atoms with E-state index in [1.165, 1.54) is 62.4 Å². The van der Waals surface area contributed by atoms with Gasteiger partial charge in [-0.15, -0.1) is 0 Å². The van der Waals surface area contributed by atoms with Gasteiger partial charge in [0.05, 0.1) is 18.7 Å². The van der Waals surface area contributed by atoms with Crippen LogP contribution in [0.3, 0.4) is 0 Å². The summed E-state index contributed by atoms with van der Waals surface area (Å²) >= 11 is 0. The third-order valence-corrected chi connectivity index (χ3v) is 12.5. The Hall–Kier alpha value is -7.48. The van der Waals surface area contributed by atoms with Crippen molar-refractivity contribution in [2.24, 2.45) is 17.3 Å². The van der Waals surface area contributed by atoms with E-state index >= 15 is 0 Å². The first kappa shape index (κ1) is 45.5. The highest BCUT2D eigenvalue weighted by molar-refractivity contribution is 6.52. The molecular weight excluding hydrogens is 833 g/mol. The van der Waals surface area contributed by atoms with Gasteiger partial charge in [0, 0.05) is 55.3 Å². The molecule has 0 spiro atoms. The molecule has 2 N–H and O–H groups in total. The number of allylic oxidation sites excluding steroid dienone is 3. The van der Waals surface area contributed by atoms with Gasteiger partial charge in [-0.25, -0.2) is 0 Å². The Morgan fingerprint density at radius 1 is 0.554 bits per heavy atom. The Morgan fingerprint density at radius 3 is 1.45 bits per heavy atom. The van der Waals surface area contributed by atoms with Crippen molar-refractivity contribution >= 4 is 74.9 Å². The SMILES string of the molecule is CC(=O)CN1C(=O)c2ccc3c4c(ccc(c24)C1=O)C(=O)N(CC(C)=O)C3=O.CC(C)(C)C1CCC(CC2=C(O)c3ccccc3C(=O)C2=O)CC1.O=C1C=CC(=O)c2c(O)cccc21. The lowest BCUT2D eigenvalue weighted by Gasteiger charge is -2.37. The van der Waals surface area contributed by atoms with Gasteiger partial charge in [0.2, 0.25) is 11.6 Å². The zero-order valence-corrected chi connectivity index (χ0v) is 36.5. The number of imide groups is 2. The molecule has 4 aromatic rings. The van der Waals surface area contributed by atoms with E-state index in [0.717, 1.165) is 35.5 Å². The number of amides is 4. The molecule has 4 aromatic carbocycles. The van der Waals surface area contributed by atoms with Gasteiger partial charge in [0.15, 0.2) is 11.6 Å². The summed E-state index contributed by atoms with van der Waals surface area (Å²) in [6, 6.07) is 16.9. The number of phenolic OH excluding ortho intramolecular Hbond substituents is 1. The Morgan fingerprint density at radius 2 is 1.00 bits per heavy atom. The monoisotopic (exact) mass is 878 g/mol. The van der Waals surface area contributed by atoms with Crippen LogP contribution in [-0.4, -0.2) is 91.4 Å². The van der Waals surface area contributed by atoms with E-state index in [-0.39, 0.29) is 91.9 Å². The molecular formula is C51H46N2O12. The molecule has 0 atom stereocenters. The van der Waals surface area contributed by atoms with Crippen LogP contribution in [0.2, 0.25) is 0 Å². The van der Waals surface area contributed by atoms with Crippen LogP contribution in [0.4, 0.5) is 0 Å². The number of Topliss-reactive ketones (excluding diaryl/α,β-unsaturated/α-hetero) is 4. The van der Waals surface area contributed by atoms with E-state index in [9.17, 15) is 58.2 Å². The lowest BCUT2D eigenvalue weighted by Crippen LogP contribution is -2.45. The number of ketones is 6. The first-order valence-electron chi connectivity index (χ1n) is 21.2. The zero-order chi connectivity index (χ0) is 47.2. The minimum Gasteiger partial charge on any atom is -0.507 e. The van der Waals surface area contributed by atoms with Crippen LogP contribution >= 0.6 is 0 Å². The number of aliphatic hydroxyl groups is 1. The maximum atomic E-state index is 12.8. The van der Waals surface area contributed by atoms with Gasteiger partial charge in [0.25, 0.3) is 23.6 Å². The molecule has 65 heavy (non-hydrogen) atoms. The van der Waals surface area contributed by atoms with Crippen molar-refractivity contribution in [3.05, 3.63) is 129 Å². The number of aliphatic hydroxyl groups excluding tert-OH is 1. The van der Waals surface area contributed by atoms with Crippen molar-refractivity contribution in [1.29, 1.82) is 0 Å². The molecule has 0 radical (unpaired) electrons. The number of fused-ring (bicyclic) bond motifs is 2. The van der Waals surface area contributed by atoms with E-state index in [2.05, 4.69) is 20.8 Å². The van der Waals surface area contributed by atoms with Crippen LogP contribution in [0.1, 0.15) is 145 Å². The minimum absolute atomic E-state index is 0.00754. The molecule has 14 heteroatoms. The first-order valence-corrected chi connectivity index (χ1v) is 21.2. The molecule has 2 heterocycles. The smallest absolute Gasteiger partial charge is 0.261 e. The molecule has 2 aliphatic heterocycles. The second-order valence-corrected chi connectivity index (χ2v) is 17.9. The predicted octanol–water partition coefficient (Wildman–Crippen LogP) is 7.50. The molecule has 5 aliphatic rings. The van der Waals surface area contributed by atoms with Crippen molar-refractivity contribution in [2.45, 2.75) is 66.7 Å². The summed E-state index contributed by atoms with van der Waals surface area (Å²) in [6.07, 6.45) is 7.32. The summed E-state index contributed by atoms with van der Waals surface area (Å²) in [5.74, 6) is -3.92. The molecule has 332 valence electrons. The van der Waals surface area contributed by atoms with Gasteiger partial charge in [-0.1, -0.05) is 57.2 Å². The van der Waals surface area contributed by atoms with Gasteiger partial charge < -0.3 is 10.2 Å². The van der Waals surface area contributed by atoms with Crippen LogP contribution in [-0.2, 0) is 14.4 Å². The summed E-state index contributed by atoms with van der Waals surface area (Å²) in [7, 11) is 0. The third-order valence-electron chi connectivity index (χ3n) is 12.5. The highest BCUT2D eigenvalue weighted by atomic mass is 16.3. The molecule has 9 rings (SSSR count). The lowest BCUT2D eigenvalue weighted by molar-refractivity contribution is -0.118. The standard InChI is InChI=1S/C21H26O3.C20H14N2O6.C10H6O3/c1-21(2,3)14-10-8-13(9-11-14)12-17-18(22)15-6-4-5-7-16(15)19(23)20(17)24;1-9(23)7-21-17(25)11-3-5-13-16-14(6-4-12(15(11)16)18(21)26)20(28)22(19(13)27)8-10(2)24;11-7-4-5-9(13)10-6(7)2-1-3-8(10)12/h4-7,13-14,22H,8-12H2,1-3H3;3-6H,7-8H2,1-2H3;1-5,12H. The number of carbonyl (C=O) groups is 10. The van der Waals surface area contributed by atoms with Crippen LogP contribution in [0.5, 0.6) is 5.75 Å². The predicted molar refractivity (Wildman–Crippen MR) is 237 cm³/mol. The molecule has 1 saturated carbocycles. The van der Waals surface area contributed by atoms with Gasteiger partial charge in [0.1, 0.15) is 23.1 Å². The number of hydrogen-bond donors (Lipinski definition) is 2. The fourth-order valence-corrected chi connectivity index (χ4v) is 9.16. The van der Waals surface area contributed by atoms with Crippen LogP contribution in [0, 0.1) is 17.3 Å². The lowest BCUT2D eigenvalue weighted by atomic mass is 9.68. The summed E-state index contributed by atoms with van der Waals surface area (Å²) < 4.78 is 0. The van der Waals surface area contributed by atoms with E-state index in [1.54, 1.807) is 30.3 Å². The van der Waals surface area contributed by atoms with Crippen LogP contribution in [0.25, 0.3) is 16.5 Å². The van der Waals surface area contributed by atoms with Crippen molar-refractivity contribution in [2.75, 3.05) is 13.1 Å². The largest absolute Gasteiger partial charge is 0.507 e. The number of aromatic hydroxyl groups is 1. The summed E-state index contributed by atoms with van der Waals surface area (Å²) in [6.45, 7) is 8.69. The minimum atomic E-state index is -0.650. The fourth-order valence-electron chi connectivity index (χ4n) is 9.16. The quantitative estimate of drug-likeness (QED) is 0.142. The highest BCUT2D eigenvalue weighted by Crippen LogP contribution is 2.43. The van der Waals surface area contributed by atoms with Crippen molar-refractivity contribution in [3.8, 4) is 5.75 Å². The fraction of sp³-hybridized carbons (Fsp3) is 0.294. The molecule has 1 fully saturated rings. The molecule has 4 amide bonds. The second-order valence-electron chi connectivity index (χ2n) is 17.9. The Balaban J connectivity index is 0.000000155. The average molecular weight is 879 g/mol. The number of phenols is 1. The summed E-state index contributed by atoms with van der Waals surface area (Å²) in [5.41, 5.74) is 2.44. The van der Waals surface area contributed by atoms with E-state index < -0.39 is 35.2 Å². The van der Waals surface area contributed by atoms with Gasteiger partial charge in [-0.2, -0.15) is 0 Å². The molecule has 14 nitrogen and oxygen atoms in total. The van der Waals surface area contributed by atoms with Crippen molar-refractivity contribution in [3.63, 3.8) is 0 Å². The Bertz CT molecular complexity index is 2720.